The van der Waals surface area contributed by atoms with Crippen LogP contribution in [0.5, 0.6) is 11.5 Å². The summed E-state index contributed by atoms with van der Waals surface area (Å²) in [5, 5.41) is 0. The summed E-state index contributed by atoms with van der Waals surface area (Å²) in [5.41, 5.74) is 0.946. The molecule has 184 valence electrons. The normalized spacial score (nSPS) is 12.0. The second kappa shape index (κ2) is 17.3. The van der Waals surface area contributed by atoms with E-state index in [9.17, 15) is 4.39 Å². The van der Waals surface area contributed by atoms with Gasteiger partial charge in [-0.05, 0) is 56.4 Å². The second-order valence-corrected chi connectivity index (χ2v) is 8.82. The molecule has 0 amide bonds. The van der Waals surface area contributed by atoms with E-state index in [1.807, 2.05) is 24.3 Å². The number of nitrogens with zero attached hydrogens (tertiary/aromatic N) is 2. The molecule has 0 fully saturated rings. The van der Waals surface area contributed by atoms with Gasteiger partial charge in [-0.25, -0.2) is 14.4 Å². The molecule has 0 N–H and O–H groups in total. The number of hydrogen-bond acceptors (Lipinski definition) is 4. The zero-order chi connectivity index (χ0) is 23.6. The van der Waals surface area contributed by atoms with E-state index < -0.39 is 6.17 Å². The average molecular weight is 459 g/mol. The van der Waals surface area contributed by atoms with Crippen molar-refractivity contribution in [2.45, 2.75) is 103 Å². The van der Waals surface area contributed by atoms with E-state index in [1.54, 1.807) is 12.4 Å². The highest BCUT2D eigenvalue weighted by Gasteiger charge is 2.07. The molecular formula is C28H43FN2O2. The lowest BCUT2D eigenvalue weighted by atomic mass is 10.0. The van der Waals surface area contributed by atoms with Crippen molar-refractivity contribution >= 4 is 0 Å². The molecule has 1 aromatic carbocycles. The summed E-state index contributed by atoms with van der Waals surface area (Å²) in [6.45, 7) is 5.72. The van der Waals surface area contributed by atoms with Crippen molar-refractivity contribution in [1.82, 2.24) is 9.97 Å². The van der Waals surface area contributed by atoms with Gasteiger partial charge in [-0.15, -0.1) is 0 Å². The first-order valence-electron chi connectivity index (χ1n) is 13.0. The van der Waals surface area contributed by atoms with Crippen molar-refractivity contribution in [2.75, 3.05) is 13.2 Å². The molecule has 4 nitrogen and oxygen atoms in total. The number of rotatable bonds is 19. The molecule has 0 aliphatic carbocycles. The van der Waals surface area contributed by atoms with Crippen LogP contribution in [0.15, 0.2) is 36.7 Å². The Morgan fingerprint density at radius 1 is 0.667 bits per heavy atom. The molecule has 0 radical (unpaired) electrons. The van der Waals surface area contributed by atoms with E-state index in [1.165, 1.54) is 38.5 Å². The van der Waals surface area contributed by atoms with E-state index in [4.69, 9.17) is 9.47 Å². The summed E-state index contributed by atoms with van der Waals surface area (Å²) in [4.78, 5) is 8.83. The van der Waals surface area contributed by atoms with Crippen molar-refractivity contribution in [2.24, 2.45) is 0 Å². The molecule has 0 unspecified atom stereocenters. The van der Waals surface area contributed by atoms with Gasteiger partial charge in [-0.3, -0.25) is 0 Å². The fourth-order valence-corrected chi connectivity index (χ4v) is 3.73. The average Bonchev–Trinajstić information content (AvgIpc) is 2.84. The maximum Gasteiger partial charge on any atom is 0.159 e. The molecule has 0 aliphatic rings. The van der Waals surface area contributed by atoms with Crippen molar-refractivity contribution in [3.63, 3.8) is 0 Å². The molecule has 0 spiro atoms. The van der Waals surface area contributed by atoms with Crippen molar-refractivity contribution < 1.29 is 13.9 Å². The molecule has 0 aliphatic heterocycles. The Morgan fingerprint density at radius 3 is 1.85 bits per heavy atom. The van der Waals surface area contributed by atoms with Crippen LogP contribution in [-0.4, -0.2) is 29.4 Å². The molecule has 1 heterocycles. The van der Waals surface area contributed by atoms with Gasteiger partial charge in [-0.2, -0.15) is 0 Å². The summed E-state index contributed by atoms with van der Waals surface area (Å²) in [7, 11) is 0. The van der Waals surface area contributed by atoms with Gasteiger partial charge in [0.15, 0.2) is 11.6 Å². The van der Waals surface area contributed by atoms with Crippen molar-refractivity contribution in [3.05, 3.63) is 36.7 Å². The minimum absolute atomic E-state index is 0.566. The minimum Gasteiger partial charge on any atom is -0.494 e. The van der Waals surface area contributed by atoms with Crippen LogP contribution >= 0.6 is 0 Å². The Morgan fingerprint density at radius 2 is 1.18 bits per heavy atom. The molecule has 1 aromatic heterocycles. The van der Waals surface area contributed by atoms with Crippen LogP contribution in [0.3, 0.4) is 0 Å². The first-order valence-corrected chi connectivity index (χ1v) is 13.0. The Balaban J connectivity index is 1.59. The van der Waals surface area contributed by atoms with Crippen LogP contribution in [0.25, 0.3) is 11.4 Å². The molecule has 1 atom stereocenters. The number of alkyl halides is 1. The van der Waals surface area contributed by atoms with Crippen molar-refractivity contribution in [3.8, 4) is 22.9 Å². The van der Waals surface area contributed by atoms with Gasteiger partial charge in [0.05, 0.1) is 25.6 Å². The third-order valence-corrected chi connectivity index (χ3v) is 5.81. The molecule has 0 bridgehead atoms. The lowest BCUT2D eigenvalue weighted by Crippen LogP contribution is -2.03. The van der Waals surface area contributed by atoms with Crippen LogP contribution in [0.1, 0.15) is 97.3 Å². The number of aromatic nitrogens is 2. The quantitative estimate of drug-likeness (QED) is 0.198. The highest BCUT2D eigenvalue weighted by molar-refractivity contribution is 5.56. The van der Waals surface area contributed by atoms with Crippen molar-refractivity contribution in [1.29, 1.82) is 0 Å². The highest BCUT2D eigenvalue weighted by atomic mass is 19.1. The topological polar surface area (TPSA) is 44.2 Å². The van der Waals surface area contributed by atoms with Crippen LogP contribution in [0.4, 0.5) is 4.39 Å². The summed E-state index contributed by atoms with van der Waals surface area (Å²) < 4.78 is 25.5. The van der Waals surface area contributed by atoms with Gasteiger partial charge in [0, 0.05) is 5.56 Å². The zero-order valence-electron chi connectivity index (χ0n) is 20.7. The molecule has 5 heteroatoms. The molecule has 0 saturated carbocycles. The van der Waals surface area contributed by atoms with Crippen LogP contribution in [-0.2, 0) is 0 Å². The Labute approximate surface area is 200 Å². The Kier molecular flexibility index (Phi) is 14.2. The molecular weight excluding hydrogens is 415 g/mol. The van der Waals surface area contributed by atoms with Gasteiger partial charge in [0.2, 0.25) is 0 Å². The number of benzene rings is 1. The maximum atomic E-state index is 14.0. The number of unbranched alkanes of at least 4 members (excludes halogenated alkanes) is 8. The monoisotopic (exact) mass is 458 g/mol. The minimum atomic E-state index is -0.674. The van der Waals surface area contributed by atoms with E-state index >= 15 is 0 Å². The third kappa shape index (κ3) is 12.0. The predicted molar refractivity (Wildman–Crippen MR) is 135 cm³/mol. The first-order chi connectivity index (χ1) is 16.2. The van der Waals surface area contributed by atoms with E-state index in [0.29, 0.717) is 31.0 Å². The summed E-state index contributed by atoms with van der Waals surface area (Å²) in [6.07, 6.45) is 16.5. The predicted octanol–water partition coefficient (Wildman–Crippen LogP) is 8.35. The third-order valence-electron chi connectivity index (χ3n) is 5.81. The summed E-state index contributed by atoms with van der Waals surface area (Å²) >= 11 is 0. The Hall–Kier alpha value is -2.17. The number of hydrogen-bond donors (Lipinski definition) is 0. The SMILES string of the molecule is CCCCCCCC[C@H](F)CCCCOc1cnc(-c2ccc(OCCCCC)cc2)nc1. The maximum absolute atomic E-state index is 14.0. The Bertz CT molecular complexity index is 722. The van der Waals surface area contributed by atoms with Gasteiger partial charge in [0.25, 0.3) is 0 Å². The zero-order valence-corrected chi connectivity index (χ0v) is 20.7. The van der Waals surface area contributed by atoms with Crippen LogP contribution in [0.2, 0.25) is 0 Å². The summed E-state index contributed by atoms with van der Waals surface area (Å²) in [6, 6.07) is 7.87. The standard InChI is InChI=1S/C28H43FN2O2/c1-3-5-7-8-9-10-14-25(29)15-11-13-21-33-27-22-30-28(31-23-27)24-16-18-26(19-17-24)32-20-12-6-4-2/h16-19,22-23,25H,3-15,20-21H2,1-2H3/t25-/m0/s1. The molecule has 33 heavy (non-hydrogen) atoms. The summed E-state index contributed by atoms with van der Waals surface area (Å²) in [5.74, 6) is 2.19. The second-order valence-electron chi connectivity index (χ2n) is 8.82. The van der Waals surface area contributed by atoms with E-state index in [-0.39, 0.29) is 0 Å². The lowest BCUT2D eigenvalue weighted by molar-refractivity contribution is 0.259. The number of halogens is 1. The van der Waals surface area contributed by atoms with E-state index in [0.717, 1.165) is 50.0 Å². The van der Waals surface area contributed by atoms with Crippen LogP contribution < -0.4 is 9.47 Å². The lowest BCUT2D eigenvalue weighted by Gasteiger charge is -2.09. The van der Waals surface area contributed by atoms with Gasteiger partial charge in [0.1, 0.15) is 11.9 Å². The van der Waals surface area contributed by atoms with Gasteiger partial charge in [-0.1, -0.05) is 65.2 Å². The van der Waals surface area contributed by atoms with E-state index in [2.05, 4.69) is 23.8 Å². The number of ether oxygens (including phenoxy) is 2. The molecule has 2 aromatic rings. The van der Waals surface area contributed by atoms with Gasteiger partial charge < -0.3 is 9.47 Å². The van der Waals surface area contributed by atoms with Gasteiger partial charge >= 0.3 is 0 Å². The highest BCUT2D eigenvalue weighted by Crippen LogP contribution is 2.21. The molecule has 0 saturated heterocycles. The fourth-order valence-electron chi connectivity index (χ4n) is 3.73. The largest absolute Gasteiger partial charge is 0.494 e. The van der Waals surface area contributed by atoms with Crippen LogP contribution in [0, 0.1) is 0 Å². The molecule has 2 rings (SSSR count). The smallest absolute Gasteiger partial charge is 0.159 e. The first kappa shape index (κ1) is 27.1. The fraction of sp³-hybridized carbons (Fsp3) is 0.643.